The Bertz CT molecular complexity index is 1210. The van der Waals surface area contributed by atoms with Gasteiger partial charge in [-0.15, -0.1) is 0 Å². The van der Waals surface area contributed by atoms with E-state index in [9.17, 15) is 0 Å². The average molecular weight is 671 g/mol. The fourth-order valence-electron chi connectivity index (χ4n) is 7.92. The Balaban J connectivity index is 0.973. The number of benzene rings is 2. The molecule has 4 fully saturated rings. The molecule has 2 aromatic carbocycles. The van der Waals surface area contributed by atoms with Crippen molar-refractivity contribution < 1.29 is 9.47 Å². The zero-order valence-corrected chi connectivity index (χ0v) is 29.9. The monoisotopic (exact) mass is 670 g/mol. The Morgan fingerprint density at radius 3 is 1.31 bits per heavy atom. The quantitative estimate of drug-likeness (QED) is 0.102. The highest BCUT2D eigenvalue weighted by atomic mass is 16.5. The van der Waals surface area contributed by atoms with Gasteiger partial charge in [-0.3, -0.25) is 0 Å². The molecule has 4 aliphatic carbocycles. The molecular weight excluding hydrogens is 608 g/mol. The predicted octanol–water partition coefficient (Wildman–Crippen LogP) is 9.58. The molecule has 0 saturated heterocycles. The lowest BCUT2D eigenvalue weighted by Crippen LogP contribution is -2.41. The first-order chi connectivity index (χ1) is 24.2. The molecule has 0 heterocycles. The summed E-state index contributed by atoms with van der Waals surface area (Å²) in [5.41, 5.74) is 2.03. The molecule has 8 nitrogen and oxygen atoms in total. The first kappa shape index (κ1) is 35.4. The van der Waals surface area contributed by atoms with Gasteiger partial charge in [0.2, 0.25) is 0 Å². The van der Waals surface area contributed by atoms with Crippen molar-refractivity contribution in [1.82, 2.24) is 10.6 Å². The van der Waals surface area contributed by atoms with E-state index in [2.05, 4.69) is 57.7 Å². The van der Waals surface area contributed by atoms with Gasteiger partial charge in [0.15, 0.2) is 11.9 Å². The third-order valence-electron chi connectivity index (χ3n) is 10.7. The van der Waals surface area contributed by atoms with E-state index in [0.717, 1.165) is 41.2 Å². The second-order valence-corrected chi connectivity index (χ2v) is 14.9. The van der Waals surface area contributed by atoms with E-state index in [1.165, 1.54) is 128 Å². The molecule has 0 amide bonds. The van der Waals surface area contributed by atoms with Crippen LogP contribution in [0.2, 0.25) is 0 Å². The van der Waals surface area contributed by atoms with Gasteiger partial charge in [-0.25, -0.2) is 9.98 Å². The number of guanidine groups is 2. The minimum atomic E-state index is 0.415. The second kappa shape index (κ2) is 19.7. The third kappa shape index (κ3) is 12.4. The van der Waals surface area contributed by atoms with Crippen molar-refractivity contribution in [3.63, 3.8) is 0 Å². The van der Waals surface area contributed by atoms with Crippen molar-refractivity contribution in [2.75, 3.05) is 23.8 Å². The summed E-state index contributed by atoms with van der Waals surface area (Å²) in [5.74, 6) is 3.58. The van der Waals surface area contributed by atoms with Gasteiger partial charge in [-0.2, -0.15) is 0 Å². The van der Waals surface area contributed by atoms with E-state index in [-0.39, 0.29) is 0 Å². The summed E-state index contributed by atoms with van der Waals surface area (Å²) in [6, 6.07) is 18.4. The number of hydrogen-bond donors (Lipinski definition) is 4. The van der Waals surface area contributed by atoms with Gasteiger partial charge < -0.3 is 30.7 Å². The first-order valence-electron chi connectivity index (χ1n) is 19.9. The number of rotatable bonds is 12. The van der Waals surface area contributed by atoms with Crippen molar-refractivity contribution in [3.8, 4) is 11.5 Å². The molecule has 2 aromatic rings. The Morgan fingerprint density at radius 2 is 0.898 bits per heavy atom. The summed E-state index contributed by atoms with van der Waals surface area (Å²) in [5, 5.41) is 14.8. The molecule has 0 spiro atoms. The highest BCUT2D eigenvalue weighted by Crippen LogP contribution is 2.25. The zero-order chi connectivity index (χ0) is 33.4. The van der Waals surface area contributed by atoms with Crippen molar-refractivity contribution in [2.24, 2.45) is 9.98 Å². The van der Waals surface area contributed by atoms with E-state index in [1.807, 2.05) is 12.1 Å². The fourth-order valence-corrected chi connectivity index (χ4v) is 7.92. The second-order valence-electron chi connectivity index (χ2n) is 14.9. The van der Waals surface area contributed by atoms with E-state index >= 15 is 0 Å². The van der Waals surface area contributed by atoms with Crippen LogP contribution in [0.3, 0.4) is 0 Å². The van der Waals surface area contributed by atoms with Crippen molar-refractivity contribution in [2.45, 2.75) is 159 Å². The fraction of sp³-hybridized carbons (Fsp3) is 0.659. The summed E-state index contributed by atoms with van der Waals surface area (Å²) >= 11 is 0. The number of nitrogens with one attached hydrogen (secondary N) is 4. The standard InChI is InChI=1S/C41H62N6O2/c1-5-16-32(17-6-1)42-40(43-33-18-7-2-8-19-33)46-36-24-13-26-38(30-36)48-28-15-29-49-39-27-14-25-37(31-39)47-41(44-34-20-9-3-10-21-34)45-35-22-11-4-12-23-35/h13-14,24-27,30-35H,1-12,15-23,28-29H2,(H2,42,43,46)(H2,44,45,47). The van der Waals surface area contributed by atoms with Gasteiger partial charge in [0, 0.05) is 42.0 Å². The summed E-state index contributed by atoms with van der Waals surface area (Å²) in [7, 11) is 0. The number of aliphatic imine (C=N–C) groups is 2. The third-order valence-corrected chi connectivity index (χ3v) is 10.7. The van der Waals surface area contributed by atoms with Gasteiger partial charge in [-0.05, 0) is 75.6 Å². The minimum absolute atomic E-state index is 0.415. The van der Waals surface area contributed by atoms with Crippen LogP contribution in [0.4, 0.5) is 11.4 Å². The SMILES string of the molecule is c1cc(NC(=NC2CCCCC2)NC2CCCCC2)cc(OCCCOc2cccc(NC(=NC3CCCCC3)NC3CCCCC3)c2)c1. The van der Waals surface area contributed by atoms with Crippen LogP contribution in [-0.4, -0.2) is 49.3 Å². The lowest BCUT2D eigenvalue weighted by molar-refractivity contribution is 0.247. The van der Waals surface area contributed by atoms with Crippen LogP contribution in [0.5, 0.6) is 11.5 Å². The van der Waals surface area contributed by atoms with Gasteiger partial charge in [0.1, 0.15) is 11.5 Å². The van der Waals surface area contributed by atoms with Crippen LogP contribution in [0, 0.1) is 0 Å². The molecule has 268 valence electrons. The van der Waals surface area contributed by atoms with Crippen LogP contribution in [0.15, 0.2) is 58.5 Å². The van der Waals surface area contributed by atoms with Gasteiger partial charge in [0.25, 0.3) is 0 Å². The van der Waals surface area contributed by atoms with Crippen molar-refractivity contribution >= 4 is 23.3 Å². The summed E-state index contributed by atoms with van der Waals surface area (Å²) in [6.45, 7) is 1.18. The molecule has 4 saturated carbocycles. The van der Waals surface area contributed by atoms with E-state index in [0.29, 0.717) is 37.4 Å². The number of nitrogens with zero attached hydrogens (tertiary/aromatic N) is 2. The zero-order valence-electron chi connectivity index (χ0n) is 29.9. The number of anilines is 2. The molecule has 0 aromatic heterocycles. The Hall–Kier alpha value is -3.42. The lowest BCUT2D eigenvalue weighted by Gasteiger charge is -2.27. The highest BCUT2D eigenvalue weighted by molar-refractivity contribution is 5.94. The van der Waals surface area contributed by atoms with Crippen LogP contribution >= 0.6 is 0 Å². The molecule has 0 unspecified atom stereocenters. The number of ether oxygens (including phenoxy) is 2. The average Bonchev–Trinajstić information content (AvgIpc) is 3.13. The maximum Gasteiger partial charge on any atom is 0.196 e. The number of hydrogen-bond acceptors (Lipinski definition) is 4. The van der Waals surface area contributed by atoms with Crippen molar-refractivity contribution in [3.05, 3.63) is 48.5 Å². The molecule has 8 heteroatoms. The minimum Gasteiger partial charge on any atom is -0.493 e. The molecule has 0 bridgehead atoms. The van der Waals surface area contributed by atoms with Gasteiger partial charge in [-0.1, -0.05) is 89.2 Å². The van der Waals surface area contributed by atoms with Crippen LogP contribution in [0.25, 0.3) is 0 Å². The lowest BCUT2D eigenvalue weighted by atomic mass is 9.95. The molecule has 49 heavy (non-hydrogen) atoms. The molecule has 4 N–H and O–H groups in total. The van der Waals surface area contributed by atoms with Crippen LogP contribution in [0.1, 0.15) is 135 Å². The molecule has 0 atom stereocenters. The van der Waals surface area contributed by atoms with Gasteiger partial charge in [0.05, 0.1) is 25.3 Å². The maximum absolute atomic E-state index is 6.17. The predicted molar refractivity (Wildman–Crippen MR) is 204 cm³/mol. The molecular formula is C41H62N6O2. The Morgan fingerprint density at radius 1 is 0.510 bits per heavy atom. The summed E-state index contributed by atoms with van der Waals surface area (Å²) in [4.78, 5) is 10.3. The molecule has 6 rings (SSSR count). The first-order valence-corrected chi connectivity index (χ1v) is 19.9. The molecule has 4 aliphatic rings. The summed E-state index contributed by atoms with van der Waals surface area (Å²) < 4.78 is 12.3. The Kier molecular flexibility index (Phi) is 14.2. The highest BCUT2D eigenvalue weighted by Gasteiger charge is 2.20. The smallest absolute Gasteiger partial charge is 0.196 e. The van der Waals surface area contributed by atoms with Crippen LogP contribution < -0.4 is 30.7 Å². The maximum atomic E-state index is 6.17. The Labute approximate surface area is 295 Å². The van der Waals surface area contributed by atoms with E-state index in [1.54, 1.807) is 0 Å². The van der Waals surface area contributed by atoms with E-state index in [4.69, 9.17) is 19.5 Å². The molecule has 0 radical (unpaired) electrons. The topological polar surface area (TPSA) is 91.3 Å². The van der Waals surface area contributed by atoms with Gasteiger partial charge >= 0.3 is 0 Å². The van der Waals surface area contributed by atoms with E-state index < -0.39 is 0 Å². The molecule has 0 aliphatic heterocycles. The van der Waals surface area contributed by atoms with Crippen LogP contribution in [-0.2, 0) is 0 Å². The largest absolute Gasteiger partial charge is 0.493 e. The normalized spacial score (nSPS) is 20.8. The van der Waals surface area contributed by atoms with Crippen molar-refractivity contribution in [1.29, 1.82) is 0 Å². The summed E-state index contributed by atoms with van der Waals surface area (Å²) in [6.07, 6.45) is 26.2.